The highest BCUT2D eigenvalue weighted by Crippen LogP contribution is 2.33. The zero-order valence-electron chi connectivity index (χ0n) is 13.9. The van der Waals surface area contributed by atoms with Gasteiger partial charge in [-0.25, -0.2) is 0 Å². The third-order valence-corrected chi connectivity index (χ3v) is 5.04. The molecule has 2 aliphatic heterocycles. The van der Waals surface area contributed by atoms with Crippen LogP contribution in [0.2, 0.25) is 0 Å². The molecule has 0 aromatic heterocycles. The summed E-state index contributed by atoms with van der Waals surface area (Å²) in [6.45, 7) is 6.49. The fraction of sp³-hybridized carbons (Fsp3) is 0.273. The normalized spacial score (nSPS) is 23.6. The summed E-state index contributed by atoms with van der Waals surface area (Å²) in [5, 5.41) is 0. The van der Waals surface area contributed by atoms with E-state index in [0.717, 1.165) is 26.2 Å². The van der Waals surface area contributed by atoms with Crippen LogP contribution in [0.15, 0.2) is 67.3 Å². The molecule has 1 saturated heterocycles. The van der Waals surface area contributed by atoms with Gasteiger partial charge in [0.15, 0.2) is 0 Å². The van der Waals surface area contributed by atoms with E-state index in [1.165, 1.54) is 22.3 Å². The van der Waals surface area contributed by atoms with E-state index in [0.29, 0.717) is 12.1 Å². The highest BCUT2D eigenvalue weighted by Gasteiger charge is 2.34. The molecule has 2 unspecified atom stereocenters. The predicted octanol–water partition coefficient (Wildman–Crippen LogP) is 4.39. The Labute approximate surface area is 144 Å². The third kappa shape index (κ3) is 3.08. The van der Waals surface area contributed by atoms with Crippen LogP contribution < -0.4 is 0 Å². The fourth-order valence-electron chi connectivity index (χ4n) is 3.78. The number of rotatable bonds is 4. The van der Waals surface area contributed by atoms with Crippen molar-refractivity contribution >= 4 is 11.6 Å². The smallest absolute Gasteiger partial charge is 0.0658 e. The molecule has 2 aromatic rings. The highest BCUT2D eigenvalue weighted by atomic mass is 16.5. The second-order valence-corrected chi connectivity index (χ2v) is 6.64. The van der Waals surface area contributed by atoms with Gasteiger partial charge in [-0.1, -0.05) is 67.3 Å². The monoisotopic (exact) mass is 317 g/mol. The molecule has 0 radical (unpaired) electrons. The van der Waals surface area contributed by atoms with Gasteiger partial charge in [-0.2, -0.15) is 0 Å². The number of ether oxygens (including phenoxy) is 1. The quantitative estimate of drug-likeness (QED) is 0.829. The lowest BCUT2D eigenvalue weighted by Gasteiger charge is -2.45. The lowest BCUT2D eigenvalue weighted by Crippen LogP contribution is -2.53. The number of hydrogen-bond acceptors (Lipinski definition) is 2. The van der Waals surface area contributed by atoms with E-state index in [1.54, 1.807) is 0 Å². The maximum absolute atomic E-state index is 5.83. The molecule has 2 aliphatic rings. The Morgan fingerprint density at radius 3 is 2.75 bits per heavy atom. The average Bonchev–Trinajstić information content (AvgIpc) is 2.62. The largest absolute Gasteiger partial charge is 0.378 e. The Bertz CT molecular complexity index is 750. The molecule has 2 bridgehead atoms. The summed E-state index contributed by atoms with van der Waals surface area (Å²) in [6, 6.07) is 20.2. The molecule has 0 saturated carbocycles. The lowest BCUT2D eigenvalue weighted by molar-refractivity contribution is -0.0402. The summed E-state index contributed by atoms with van der Waals surface area (Å²) in [6.07, 6.45) is 5.36. The van der Waals surface area contributed by atoms with Crippen LogP contribution in [0.5, 0.6) is 0 Å². The fourth-order valence-corrected chi connectivity index (χ4v) is 3.78. The van der Waals surface area contributed by atoms with Crippen LogP contribution in [0.25, 0.3) is 11.6 Å². The van der Waals surface area contributed by atoms with Crippen molar-refractivity contribution in [1.82, 2.24) is 4.90 Å². The summed E-state index contributed by atoms with van der Waals surface area (Å²) in [4.78, 5) is 2.60. The first-order chi connectivity index (χ1) is 11.8. The van der Waals surface area contributed by atoms with Crippen molar-refractivity contribution in [3.63, 3.8) is 0 Å². The summed E-state index contributed by atoms with van der Waals surface area (Å²) in [7, 11) is 0. The van der Waals surface area contributed by atoms with Gasteiger partial charge < -0.3 is 4.74 Å². The van der Waals surface area contributed by atoms with Crippen LogP contribution in [0.3, 0.4) is 0 Å². The molecule has 0 amide bonds. The second kappa shape index (κ2) is 6.76. The number of morpholine rings is 1. The van der Waals surface area contributed by atoms with Crippen molar-refractivity contribution in [2.24, 2.45) is 0 Å². The first-order valence-corrected chi connectivity index (χ1v) is 8.64. The molecule has 2 atom stereocenters. The summed E-state index contributed by atoms with van der Waals surface area (Å²) in [5.74, 6) is 0. The van der Waals surface area contributed by atoms with Gasteiger partial charge in [0.1, 0.15) is 0 Å². The molecule has 0 N–H and O–H groups in total. The van der Waals surface area contributed by atoms with Gasteiger partial charge in [0.25, 0.3) is 0 Å². The predicted molar refractivity (Wildman–Crippen MR) is 99.5 cm³/mol. The van der Waals surface area contributed by atoms with Crippen molar-refractivity contribution in [2.75, 3.05) is 13.2 Å². The van der Waals surface area contributed by atoms with E-state index in [4.69, 9.17) is 4.74 Å². The maximum Gasteiger partial charge on any atom is 0.0658 e. The molecular formula is C22H23NO. The highest BCUT2D eigenvalue weighted by molar-refractivity contribution is 5.70. The van der Waals surface area contributed by atoms with Crippen molar-refractivity contribution in [3.05, 3.63) is 83.9 Å². The SMILES string of the molecule is C=Cc1cccc(C2=CC3COCC(C2)N3Cc2ccccc2)c1. The van der Waals surface area contributed by atoms with Crippen LogP contribution in [0.4, 0.5) is 0 Å². The molecular weight excluding hydrogens is 294 g/mol. The van der Waals surface area contributed by atoms with Crippen LogP contribution in [-0.4, -0.2) is 30.2 Å². The summed E-state index contributed by atoms with van der Waals surface area (Å²) < 4.78 is 5.83. The number of nitrogens with zero attached hydrogens (tertiary/aromatic N) is 1. The molecule has 122 valence electrons. The molecule has 2 heteroatoms. The lowest BCUT2D eigenvalue weighted by atomic mass is 9.89. The van der Waals surface area contributed by atoms with Crippen molar-refractivity contribution in [3.8, 4) is 0 Å². The minimum absolute atomic E-state index is 0.361. The van der Waals surface area contributed by atoms with Gasteiger partial charge in [0, 0.05) is 12.6 Å². The summed E-state index contributed by atoms with van der Waals surface area (Å²) >= 11 is 0. The molecule has 2 heterocycles. The molecule has 0 spiro atoms. The van der Waals surface area contributed by atoms with E-state index >= 15 is 0 Å². The summed E-state index contributed by atoms with van der Waals surface area (Å²) in [5.41, 5.74) is 5.33. The average molecular weight is 317 g/mol. The van der Waals surface area contributed by atoms with Crippen LogP contribution in [-0.2, 0) is 11.3 Å². The first-order valence-electron chi connectivity index (χ1n) is 8.64. The minimum Gasteiger partial charge on any atom is -0.378 e. The zero-order valence-corrected chi connectivity index (χ0v) is 13.9. The van der Waals surface area contributed by atoms with Crippen LogP contribution >= 0.6 is 0 Å². The Morgan fingerprint density at radius 1 is 1.08 bits per heavy atom. The number of hydrogen-bond donors (Lipinski definition) is 0. The van der Waals surface area contributed by atoms with E-state index in [9.17, 15) is 0 Å². The van der Waals surface area contributed by atoms with E-state index in [1.807, 2.05) is 6.08 Å². The minimum atomic E-state index is 0.361. The molecule has 2 aromatic carbocycles. The molecule has 2 nitrogen and oxygen atoms in total. The van der Waals surface area contributed by atoms with Crippen LogP contribution in [0, 0.1) is 0 Å². The van der Waals surface area contributed by atoms with Crippen molar-refractivity contribution < 1.29 is 4.74 Å². The Morgan fingerprint density at radius 2 is 1.96 bits per heavy atom. The van der Waals surface area contributed by atoms with Crippen molar-refractivity contribution in [1.29, 1.82) is 0 Å². The number of fused-ring (bicyclic) bond motifs is 2. The second-order valence-electron chi connectivity index (χ2n) is 6.64. The van der Waals surface area contributed by atoms with Gasteiger partial charge in [-0.05, 0) is 34.8 Å². The van der Waals surface area contributed by atoms with Gasteiger partial charge >= 0.3 is 0 Å². The van der Waals surface area contributed by atoms with Gasteiger partial charge in [0.2, 0.25) is 0 Å². The maximum atomic E-state index is 5.83. The zero-order chi connectivity index (χ0) is 16.4. The van der Waals surface area contributed by atoms with Crippen molar-refractivity contribution in [2.45, 2.75) is 25.0 Å². The Hall–Kier alpha value is -2.16. The van der Waals surface area contributed by atoms with Gasteiger partial charge in [0.05, 0.1) is 19.3 Å². The topological polar surface area (TPSA) is 12.5 Å². The third-order valence-electron chi connectivity index (χ3n) is 5.04. The van der Waals surface area contributed by atoms with Gasteiger partial charge in [-0.3, -0.25) is 4.90 Å². The van der Waals surface area contributed by atoms with E-state index in [2.05, 4.69) is 72.2 Å². The standard InChI is InChI=1S/C22H23NO/c1-2-17-9-6-10-19(11-17)20-12-21-15-24-16-22(13-20)23(21)14-18-7-4-3-5-8-18/h2-12,21-22H,1,13-16H2. The van der Waals surface area contributed by atoms with E-state index in [-0.39, 0.29) is 0 Å². The molecule has 1 fully saturated rings. The molecule has 4 rings (SSSR count). The van der Waals surface area contributed by atoms with Crippen LogP contribution in [0.1, 0.15) is 23.1 Å². The number of benzene rings is 2. The Balaban J connectivity index is 1.61. The van der Waals surface area contributed by atoms with Gasteiger partial charge in [-0.15, -0.1) is 0 Å². The Kier molecular flexibility index (Phi) is 4.33. The molecule has 24 heavy (non-hydrogen) atoms. The molecule has 0 aliphatic carbocycles. The first kappa shape index (κ1) is 15.4. The van der Waals surface area contributed by atoms with E-state index < -0.39 is 0 Å².